The van der Waals surface area contributed by atoms with Crippen LogP contribution in [0.3, 0.4) is 0 Å². The van der Waals surface area contributed by atoms with Crippen molar-refractivity contribution in [2.75, 3.05) is 31.6 Å². The first-order valence-corrected chi connectivity index (χ1v) is 6.81. The standard InChI is InChI=1S/C14H18N4O/c15-7-11-1-4-14(16-8-11)17-9-13-10-18(5-6-19-13)12-2-3-12/h1,4,8,12-13H,2-3,5-6,9-10H2,(H,16,17)/t13-/m1/s1. The summed E-state index contributed by atoms with van der Waals surface area (Å²) in [5.41, 5.74) is 0.583. The Morgan fingerprint density at radius 2 is 2.37 bits per heavy atom. The molecule has 1 saturated carbocycles. The van der Waals surface area contributed by atoms with Crippen molar-refractivity contribution in [1.29, 1.82) is 5.26 Å². The first-order valence-electron chi connectivity index (χ1n) is 6.81. The lowest BCUT2D eigenvalue weighted by Crippen LogP contribution is -2.46. The van der Waals surface area contributed by atoms with Gasteiger partial charge in [0.2, 0.25) is 0 Å². The molecule has 1 aliphatic carbocycles. The van der Waals surface area contributed by atoms with Gasteiger partial charge in [-0.05, 0) is 25.0 Å². The van der Waals surface area contributed by atoms with E-state index in [4.69, 9.17) is 10.00 Å². The summed E-state index contributed by atoms with van der Waals surface area (Å²) in [6, 6.07) is 6.47. The van der Waals surface area contributed by atoms with Crippen LogP contribution < -0.4 is 5.32 Å². The lowest BCUT2D eigenvalue weighted by molar-refractivity contribution is -0.0241. The molecule has 0 radical (unpaired) electrons. The molecule has 0 spiro atoms. The molecule has 0 bridgehead atoms. The maximum Gasteiger partial charge on any atom is 0.126 e. The molecular weight excluding hydrogens is 240 g/mol. The molecule has 2 aliphatic rings. The third-order valence-corrected chi connectivity index (χ3v) is 3.64. The zero-order chi connectivity index (χ0) is 13.1. The molecule has 1 aliphatic heterocycles. The average Bonchev–Trinajstić information content (AvgIpc) is 3.31. The van der Waals surface area contributed by atoms with Crippen LogP contribution in [0, 0.1) is 11.3 Å². The van der Waals surface area contributed by atoms with Gasteiger partial charge in [-0.3, -0.25) is 4.90 Å². The lowest BCUT2D eigenvalue weighted by atomic mass is 10.2. The topological polar surface area (TPSA) is 61.2 Å². The Morgan fingerprint density at radius 3 is 3.05 bits per heavy atom. The number of aromatic nitrogens is 1. The van der Waals surface area contributed by atoms with Crippen LogP contribution in [-0.4, -0.2) is 48.3 Å². The molecular formula is C14H18N4O. The number of hydrogen-bond donors (Lipinski definition) is 1. The van der Waals surface area contributed by atoms with Gasteiger partial charge in [-0.25, -0.2) is 4.98 Å². The molecule has 3 rings (SSSR count). The molecule has 100 valence electrons. The Morgan fingerprint density at radius 1 is 1.47 bits per heavy atom. The number of rotatable bonds is 4. The van der Waals surface area contributed by atoms with Crippen molar-refractivity contribution in [3.05, 3.63) is 23.9 Å². The summed E-state index contributed by atoms with van der Waals surface area (Å²) in [6.45, 7) is 3.66. The van der Waals surface area contributed by atoms with Crippen LogP contribution in [0.2, 0.25) is 0 Å². The van der Waals surface area contributed by atoms with Gasteiger partial charge in [-0.1, -0.05) is 0 Å². The SMILES string of the molecule is N#Cc1ccc(NC[C@@H]2CN(C3CC3)CCO2)nc1. The number of nitriles is 1. The van der Waals surface area contributed by atoms with E-state index in [1.165, 1.54) is 12.8 Å². The van der Waals surface area contributed by atoms with Gasteiger partial charge in [0.15, 0.2) is 0 Å². The molecule has 1 aromatic rings. The smallest absolute Gasteiger partial charge is 0.126 e. The van der Waals surface area contributed by atoms with E-state index in [1.807, 2.05) is 6.07 Å². The number of morpholine rings is 1. The molecule has 0 amide bonds. The predicted octanol–water partition coefficient (Wildman–Crippen LogP) is 1.23. The molecule has 1 atom stereocenters. The molecule has 0 unspecified atom stereocenters. The predicted molar refractivity (Wildman–Crippen MR) is 71.8 cm³/mol. The number of pyridine rings is 1. The third kappa shape index (κ3) is 3.22. The van der Waals surface area contributed by atoms with Crippen molar-refractivity contribution >= 4 is 5.82 Å². The molecule has 0 aromatic carbocycles. The highest BCUT2D eigenvalue weighted by Gasteiger charge is 2.32. The van der Waals surface area contributed by atoms with Gasteiger partial charge in [-0.15, -0.1) is 0 Å². The lowest BCUT2D eigenvalue weighted by Gasteiger charge is -2.33. The third-order valence-electron chi connectivity index (χ3n) is 3.64. The number of nitrogens with one attached hydrogen (secondary N) is 1. The summed E-state index contributed by atoms with van der Waals surface area (Å²) in [5.74, 6) is 0.797. The van der Waals surface area contributed by atoms with E-state index in [1.54, 1.807) is 12.3 Å². The van der Waals surface area contributed by atoms with Gasteiger partial charge >= 0.3 is 0 Å². The van der Waals surface area contributed by atoms with Crippen LogP contribution in [0.5, 0.6) is 0 Å². The average molecular weight is 258 g/mol. The minimum Gasteiger partial charge on any atom is -0.374 e. The number of hydrogen-bond acceptors (Lipinski definition) is 5. The minimum atomic E-state index is 0.229. The van der Waals surface area contributed by atoms with Crippen LogP contribution >= 0.6 is 0 Å². The van der Waals surface area contributed by atoms with Gasteiger partial charge in [0.25, 0.3) is 0 Å². The summed E-state index contributed by atoms with van der Waals surface area (Å²) in [7, 11) is 0. The first kappa shape index (κ1) is 12.4. The fraction of sp³-hybridized carbons (Fsp3) is 0.571. The van der Waals surface area contributed by atoms with Gasteiger partial charge in [0.1, 0.15) is 11.9 Å². The molecule has 2 heterocycles. The summed E-state index contributed by atoms with van der Waals surface area (Å²) < 4.78 is 5.77. The van der Waals surface area contributed by atoms with Crippen molar-refractivity contribution in [1.82, 2.24) is 9.88 Å². The highest BCUT2D eigenvalue weighted by Crippen LogP contribution is 2.28. The Labute approximate surface area is 113 Å². The number of ether oxygens (including phenoxy) is 1. The normalized spacial score (nSPS) is 23.8. The molecule has 5 heteroatoms. The summed E-state index contributed by atoms with van der Waals surface area (Å²) in [6.07, 6.45) is 4.50. The van der Waals surface area contributed by atoms with Crippen molar-refractivity contribution < 1.29 is 4.74 Å². The molecule has 5 nitrogen and oxygen atoms in total. The van der Waals surface area contributed by atoms with Gasteiger partial charge in [0.05, 0.1) is 18.3 Å². The van der Waals surface area contributed by atoms with Gasteiger partial charge in [-0.2, -0.15) is 5.26 Å². The zero-order valence-electron chi connectivity index (χ0n) is 10.9. The Hall–Kier alpha value is -1.64. The van der Waals surface area contributed by atoms with Gasteiger partial charge in [0, 0.05) is 31.9 Å². The van der Waals surface area contributed by atoms with E-state index in [2.05, 4.69) is 21.3 Å². The second kappa shape index (κ2) is 5.55. The van der Waals surface area contributed by atoms with Crippen molar-refractivity contribution in [2.45, 2.75) is 25.0 Å². The summed E-state index contributed by atoms with van der Waals surface area (Å²) in [4.78, 5) is 6.73. The van der Waals surface area contributed by atoms with Crippen LogP contribution in [0.15, 0.2) is 18.3 Å². The maximum absolute atomic E-state index is 8.71. The van der Waals surface area contributed by atoms with E-state index < -0.39 is 0 Å². The number of anilines is 1. The zero-order valence-corrected chi connectivity index (χ0v) is 10.9. The fourth-order valence-electron chi connectivity index (χ4n) is 2.42. The van der Waals surface area contributed by atoms with E-state index in [0.29, 0.717) is 5.56 Å². The van der Waals surface area contributed by atoms with E-state index >= 15 is 0 Å². The highest BCUT2D eigenvalue weighted by molar-refractivity contribution is 5.38. The van der Waals surface area contributed by atoms with Crippen LogP contribution in [-0.2, 0) is 4.74 Å². The van der Waals surface area contributed by atoms with Gasteiger partial charge < -0.3 is 10.1 Å². The van der Waals surface area contributed by atoms with Crippen molar-refractivity contribution in [2.24, 2.45) is 0 Å². The van der Waals surface area contributed by atoms with Crippen molar-refractivity contribution in [3.8, 4) is 6.07 Å². The Kier molecular flexibility index (Phi) is 3.62. The van der Waals surface area contributed by atoms with Crippen LogP contribution in [0.25, 0.3) is 0 Å². The maximum atomic E-state index is 8.71. The second-order valence-electron chi connectivity index (χ2n) is 5.14. The summed E-state index contributed by atoms with van der Waals surface area (Å²) >= 11 is 0. The quantitative estimate of drug-likeness (QED) is 0.880. The molecule has 19 heavy (non-hydrogen) atoms. The van der Waals surface area contributed by atoms with E-state index in [9.17, 15) is 0 Å². The van der Waals surface area contributed by atoms with Crippen LogP contribution in [0.1, 0.15) is 18.4 Å². The first-order chi connectivity index (χ1) is 9.35. The fourth-order valence-corrected chi connectivity index (χ4v) is 2.42. The largest absolute Gasteiger partial charge is 0.374 e. The second-order valence-corrected chi connectivity index (χ2v) is 5.14. The number of nitrogens with zero attached hydrogens (tertiary/aromatic N) is 3. The monoisotopic (exact) mass is 258 g/mol. The molecule has 1 saturated heterocycles. The van der Waals surface area contributed by atoms with E-state index in [-0.39, 0.29) is 6.10 Å². The highest BCUT2D eigenvalue weighted by atomic mass is 16.5. The summed E-state index contributed by atoms with van der Waals surface area (Å²) in [5, 5.41) is 12.0. The molecule has 1 aromatic heterocycles. The Bertz CT molecular complexity index is 463. The van der Waals surface area contributed by atoms with E-state index in [0.717, 1.165) is 38.1 Å². The Balaban J connectivity index is 1.49. The minimum absolute atomic E-state index is 0.229. The molecule has 2 fully saturated rings. The van der Waals surface area contributed by atoms with Crippen LogP contribution in [0.4, 0.5) is 5.82 Å². The van der Waals surface area contributed by atoms with Crippen molar-refractivity contribution in [3.63, 3.8) is 0 Å². The molecule has 1 N–H and O–H groups in total.